The summed E-state index contributed by atoms with van der Waals surface area (Å²) in [7, 11) is 0. The molecule has 1 amide bonds. The summed E-state index contributed by atoms with van der Waals surface area (Å²) < 4.78 is 20.7. The Morgan fingerprint density at radius 1 is 1.06 bits per heavy atom. The number of nitrogens with zero attached hydrogens (tertiary/aromatic N) is 4. The van der Waals surface area contributed by atoms with Gasteiger partial charge in [0.05, 0.1) is 11.4 Å². The lowest BCUT2D eigenvalue weighted by atomic mass is 9.92. The minimum atomic E-state index is -0.330. The van der Waals surface area contributed by atoms with Gasteiger partial charge in [-0.1, -0.05) is 39.0 Å². The van der Waals surface area contributed by atoms with Crippen molar-refractivity contribution < 1.29 is 13.6 Å². The predicted octanol–water partition coefficient (Wildman–Crippen LogP) is 5.32. The Balaban J connectivity index is 1.40. The van der Waals surface area contributed by atoms with E-state index >= 15 is 0 Å². The number of aryl methyl sites for hydroxylation is 1. The molecule has 0 spiro atoms. The minimum absolute atomic E-state index is 0.151. The lowest BCUT2D eigenvalue weighted by molar-refractivity contribution is -0.116. The van der Waals surface area contributed by atoms with Gasteiger partial charge >= 0.3 is 0 Å². The molecule has 0 fully saturated rings. The molecule has 0 aliphatic heterocycles. The second-order valence-electron chi connectivity index (χ2n) is 8.82. The van der Waals surface area contributed by atoms with Crippen molar-refractivity contribution in [2.45, 2.75) is 45.4 Å². The Morgan fingerprint density at radius 3 is 2.48 bits per heavy atom. The zero-order valence-corrected chi connectivity index (χ0v) is 18.9. The van der Waals surface area contributed by atoms with Gasteiger partial charge in [0, 0.05) is 29.9 Å². The first kappa shape index (κ1) is 22.4. The van der Waals surface area contributed by atoms with Crippen LogP contribution in [-0.4, -0.2) is 25.9 Å². The average Bonchev–Trinajstić information content (AvgIpc) is 3.42. The second-order valence-corrected chi connectivity index (χ2v) is 8.82. The first-order valence-electron chi connectivity index (χ1n) is 10.8. The molecule has 0 bridgehead atoms. The average molecular weight is 448 g/mol. The van der Waals surface area contributed by atoms with Crippen LogP contribution < -0.4 is 5.32 Å². The van der Waals surface area contributed by atoms with Crippen LogP contribution in [0.2, 0.25) is 0 Å². The molecular weight excluding hydrogens is 421 g/mol. The van der Waals surface area contributed by atoms with E-state index in [0.29, 0.717) is 36.1 Å². The maximum atomic E-state index is 13.4. The van der Waals surface area contributed by atoms with Crippen molar-refractivity contribution in [3.05, 3.63) is 78.1 Å². The summed E-state index contributed by atoms with van der Waals surface area (Å²) in [6.07, 6.45) is 1.33. The van der Waals surface area contributed by atoms with E-state index in [0.717, 1.165) is 11.3 Å². The number of amides is 1. The molecule has 0 aliphatic carbocycles. The van der Waals surface area contributed by atoms with E-state index in [1.807, 2.05) is 57.2 Å². The van der Waals surface area contributed by atoms with Crippen molar-refractivity contribution in [1.29, 1.82) is 0 Å². The molecule has 8 heteroatoms. The SMILES string of the molecule is CC(C)(C)c1cc(NC(=O)CCCc2nnc(-c3ccccc3)o2)n(-c2ccc(F)cc2)n1. The van der Waals surface area contributed by atoms with Gasteiger partial charge in [-0.2, -0.15) is 5.10 Å². The first-order chi connectivity index (χ1) is 15.8. The lowest BCUT2D eigenvalue weighted by Crippen LogP contribution is -2.15. The van der Waals surface area contributed by atoms with Gasteiger partial charge in [-0.05, 0) is 42.8 Å². The maximum absolute atomic E-state index is 13.4. The fourth-order valence-corrected chi connectivity index (χ4v) is 3.27. The van der Waals surface area contributed by atoms with E-state index in [2.05, 4.69) is 20.6 Å². The zero-order chi connectivity index (χ0) is 23.4. The number of anilines is 1. The highest BCUT2D eigenvalue weighted by Gasteiger charge is 2.21. The maximum Gasteiger partial charge on any atom is 0.247 e. The number of halogens is 1. The minimum Gasteiger partial charge on any atom is -0.421 e. The van der Waals surface area contributed by atoms with Crippen LogP contribution in [0.3, 0.4) is 0 Å². The van der Waals surface area contributed by atoms with Crippen LogP contribution in [0.1, 0.15) is 45.2 Å². The Hall–Kier alpha value is -3.81. The quantitative estimate of drug-likeness (QED) is 0.414. The van der Waals surface area contributed by atoms with E-state index < -0.39 is 0 Å². The van der Waals surface area contributed by atoms with Crippen LogP contribution in [-0.2, 0) is 16.6 Å². The largest absolute Gasteiger partial charge is 0.421 e. The van der Waals surface area contributed by atoms with Crippen molar-refractivity contribution >= 4 is 11.7 Å². The molecule has 170 valence electrons. The van der Waals surface area contributed by atoms with Crippen molar-refractivity contribution in [1.82, 2.24) is 20.0 Å². The van der Waals surface area contributed by atoms with E-state index in [1.165, 1.54) is 12.1 Å². The summed E-state index contributed by atoms with van der Waals surface area (Å²) in [4.78, 5) is 12.6. The molecule has 0 saturated carbocycles. The topological polar surface area (TPSA) is 85.8 Å². The molecule has 0 aliphatic rings. The number of rotatable bonds is 7. The molecule has 4 rings (SSSR count). The van der Waals surface area contributed by atoms with Gasteiger partial charge in [-0.25, -0.2) is 9.07 Å². The number of hydrogen-bond donors (Lipinski definition) is 1. The summed E-state index contributed by atoms with van der Waals surface area (Å²) in [5.74, 6) is 1.02. The summed E-state index contributed by atoms with van der Waals surface area (Å²) in [5, 5.41) is 15.7. The van der Waals surface area contributed by atoms with Crippen LogP contribution >= 0.6 is 0 Å². The molecule has 33 heavy (non-hydrogen) atoms. The van der Waals surface area contributed by atoms with Gasteiger partial charge in [0.15, 0.2) is 0 Å². The van der Waals surface area contributed by atoms with Crippen LogP contribution in [0.5, 0.6) is 0 Å². The van der Waals surface area contributed by atoms with E-state index in [-0.39, 0.29) is 23.6 Å². The normalized spacial score (nSPS) is 11.5. The van der Waals surface area contributed by atoms with Crippen molar-refractivity contribution in [3.8, 4) is 17.1 Å². The van der Waals surface area contributed by atoms with Crippen LogP contribution in [0.4, 0.5) is 10.2 Å². The number of hydrogen-bond acceptors (Lipinski definition) is 5. The molecule has 2 aromatic heterocycles. The Morgan fingerprint density at radius 2 is 1.79 bits per heavy atom. The fraction of sp³-hybridized carbons (Fsp3) is 0.280. The van der Waals surface area contributed by atoms with E-state index in [9.17, 15) is 9.18 Å². The first-order valence-corrected chi connectivity index (χ1v) is 10.8. The van der Waals surface area contributed by atoms with Crippen LogP contribution in [0, 0.1) is 5.82 Å². The van der Waals surface area contributed by atoms with Crippen LogP contribution in [0.25, 0.3) is 17.1 Å². The highest BCUT2D eigenvalue weighted by atomic mass is 19.1. The van der Waals surface area contributed by atoms with Gasteiger partial charge in [-0.3, -0.25) is 4.79 Å². The van der Waals surface area contributed by atoms with Crippen molar-refractivity contribution in [2.75, 3.05) is 5.32 Å². The standard InChI is InChI=1S/C25H26FN5O2/c1-25(2,3)20-16-21(31(30-20)19-14-12-18(26)13-15-19)27-22(32)10-7-11-23-28-29-24(33-23)17-8-5-4-6-9-17/h4-6,8-9,12-16H,7,10-11H2,1-3H3,(H,27,32). The molecule has 1 N–H and O–H groups in total. The third kappa shape index (κ3) is 5.52. The molecule has 7 nitrogen and oxygen atoms in total. The molecule has 0 radical (unpaired) electrons. The number of nitrogens with one attached hydrogen (secondary N) is 1. The monoisotopic (exact) mass is 447 g/mol. The molecule has 0 atom stereocenters. The van der Waals surface area contributed by atoms with Gasteiger partial charge in [0.25, 0.3) is 0 Å². The molecule has 2 heterocycles. The molecule has 4 aromatic rings. The van der Waals surface area contributed by atoms with Crippen molar-refractivity contribution in [2.24, 2.45) is 0 Å². The molecule has 0 saturated heterocycles. The van der Waals surface area contributed by atoms with Gasteiger partial charge in [0.2, 0.25) is 17.7 Å². The lowest BCUT2D eigenvalue weighted by Gasteiger charge is -2.14. The Bertz CT molecular complexity index is 1220. The Labute approximate surface area is 191 Å². The predicted molar refractivity (Wildman–Crippen MR) is 124 cm³/mol. The van der Waals surface area contributed by atoms with E-state index in [4.69, 9.17) is 4.42 Å². The van der Waals surface area contributed by atoms with Gasteiger partial charge in [-0.15, -0.1) is 10.2 Å². The highest BCUT2D eigenvalue weighted by Crippen LogP contribution is 2.26. The molecule has 0 unspecified atom stereocenters. The van der Waals surface area contributed by atoms with Crippen molar-refractivity contribution in [3.63, 3.8) is 0 Å². The number of carbonyl (C=O) groups excluding carboxylic acids is 1. The molecule has 2 aromatic carbocycles. The molecular formula is C25H26FN5O2. The summed E-state index contributed by atoms with van der Waals surface area (Å²) in [6.45, 7) is 6.14. The third-order valence-corrected chi connectivity index (χ3v) is 5.10. The van der Waals surface area contributed by atoms with Crippen LogP contribution in [0.15, 0.2) is 65.1 Å². The highest BCUT2D eigenvalue weighted by molar-refractivity contribution is 5.90. The summed E-state index contributed by atoms with van der Waals surface area (Å²) in [6, 6.07) is 17.4. The summed E-state index contributed by atoms with van der Waals surface area (Å²) in [5.41, 5.74) is 2.14. The number of carbonyl (C=O) groups is 1. The number of aromatic nitrogens is 4. The third-order valence-electron chi connectivity index (χ3n) is 5.10. The number of benzene rings is 2. The fourth-order valence-electron chi connectivity index (χ4n) is 3.27. The Kier molecular flexibility index (Phi) is 6.35. The van der Waals surface area contributed by atoms with Gasteiger partial charge < -0.3 is 9.73 Å². The van der Waals surface area contributed by atoms with Gasteiger partial charge in [0.1, 0.15) is 11.6 Å². The zero-order valence-electron chi connectivity index (χ0n) is 18.9. The second kappa shape index (κ2) is 9.36. The van der Waals surface area contributed by atoms with E-state index in [1.54, 1.807) is 16.8 Å². The smallest absolute Gasteiger partial charge is 0.247 e. The summed E-state index contributed by atoms with van der Waals surface area (Å²) >= 11 is 0.